The fraction of sp³-hybridized carbons (Fsp3) is 0.176. The van der Waals surface area contributed by atoms with Gasteiger partial charge in [0.05, 0.1) is 10.6 Å². The van der Waals surface area contributed by atoms with Crippen molar-refractivity contribution in [2.45, 2.75) is 19.2 Å². The van der Waals surface area contributed by atoms with Gasteiger partial charge in [-0.05, 0) is 24.1 Å². The summed E-state index contributed by atoms with van der Waals surface area (Å²) >= 11 is 6.03. The molecule has 0 aliphatic carbocycles. The van der Waals surface area contributed by atoms with E-state index in [2.05, 4.69) is 6.58 Å². The van der Waals surface area contributed by atoms with Crippen LogP contribution in [0, 0.1) is 0 Å². The highest BCUT2D eigenvalue weighted by molar-refractivity contribution is 6.32. The summed E-state index contributed by atoms with van der Waals surface area (Å²) < 4.78 is 44.9. The van der Waals surface area contributed by atoms with Gasteiger partial charge in [0.1, 0.15) is 12.4 Å². The lowest BCUT2D eigenvalue weighted by atomic mass is 10.0. The summed E-state index contributed by atoms with van der Waals surface area (Å²) in [7, 11) is 0. The SMILES string of the molecule is C=CCc1c(C(F)(F)F)ccc(Cl)c1OCc1ccccc1. The molecular weight excluding hydrogens is 313 g/mol. The van der Waals surface area contributed by atoms with E-state index in [9.17, 15) is 13.2 Å². The highest BCUT2D eigenvalue weighted by atomic mass is 35.5. The molecule has 0 spiro atoms. The van der Waals surface area contributed by atoms with E-state index in [1.165, 1.54) is 12.1 Å². The van der Waals surface area contributed by atoms with E-state index < -0.39 is 11.7 Å². The lowest BCUT2D eigenvalue weighted by Gasteiger charge is -2.18. The average Bonchev–Trinajstić information content (AvgIpc) is 2.47. The van der Waals surface area contributed by atoms with Crippen molar-refractivity contribution in [3.05, 3.63) is 76.8 Å². The Labute approximate surface area is 132 Å². The number of ether oxygens (including phenoxy) is 1. The van der Waals surface area contributed by atoms with Gasteiger partial charge in [0.15, 0.2) is 0 Å². The molecule has 0 unspecified atom stereocenters. The molecular formula is C17H14ClF3O. The van der Waals surface area contributed by atoms with Crippen LogP contribution in [0.5, 0.6) is 5.75 Å². The third-order valence-electron chi connectivity index (χ3n) is 3.09. The molecule has 0 heterocycles. The summed E-state index contributed by atoms with van der Waals surface area (Å²) in [4.78, 5) is 0. The molecule has 0 N–H and O–H groups in total. The Morgan fingerprint density at radius 3 is 2.36 bits per heavy atom. The van der Waals surface area contributed by atoms with Crippen LogP contribution >= 0.6 is 11.6 Å². The average molecular weight is 327 g/mol. The van der Waals surface area contributed by atoms with E-state index >= 15 is 0 Å². The van der Waals surface area contributed by atoms with Crippen molar-refractivity contribution in [3.8, 4) is 5.75 Å². The molecule has 2 aromatic carbocycles. The highest BCUT2D eigenvalue weighted by Gasteiger charge is 2.35. The summed E-state index contributed by atoms with van der Waals surface area (Å²) in [6, 6.07) is 11.3. The number of benzene rings is 2. The number of rotatable bonds is 5. The summed E-state index contributed by atoms with van der Waals surface area (Å²) in [5.41, 5.74) is 0.103. The normalized spacial score (nSPS) is 11.3. The molecule has 2 aromatic rings. The first-order valence-electron chi connectivity index (χ1n) is 6.59. The van der Waals surface area contributed by atoms with E-state index in [4.69, 9.17) is 16.3 Å². The van der Waals surface area contributed by atoms with Crippen LogP contribution in [0.15, 0.2) is 55.1 Å². The van der Waals surface area contributed by atoms with Crippen molar-refractivity contribution in [3.63, 3.8) is 0 Å². The summed E-state index contributed by atoms with van der Waals surface area (Å²) in [6.07, 6.45) is -3.04. The number of halogens is 4. The largest absolute Gasteiger partial charge is 0.487 e. The van der Waals surface area contributed by atoms with Crippen molar-refractivity contribution in [1.82, 2.24) is 0 Å². The third kappa shape index (κ3) is 3.83. The highest BCUT2D eigenvalue weighted by Crippen LogP contribution is 2.40. The van der Waals surface area contributed by atoms with Crippen molar-refractivity contribution < 1.29 is 17.9 Å². The van der Waals surface area contributed by atoms with Gasteiger partial charge in [-0.1, -0.05) is 48.0 Å². The van der Waals surface area contributed by atoms with Crippen LogP contribution in [0.25, 0.3) is 0 Å². The molecule has 0 bridgehead atoms. The maximum Gasteiger partial charge on any atom is 0.416 e. The molecule has 0 aliphatic heterocycles. The second-order valence-electron chi connectivity index (χ2n) is 4.67. The molecule has 116 valence electrons. The van der Waals surface area contributed by atoms with E-state index in [-0.39, 0.29) is 29.4 Å². The van der Waals surface area contributed by atoms with Gasteiger partial charge in [0, 0.05) is 5.56 Å². The molecule has 0 saturated carbocycles. The second kappa shape index (κ2) is 6.88. The Kier molecular flexibility index (Phi) is 5.14. The topological polar surface area (TPSA) is 9.23 Å². The van der Waals surface area contributed by atoms with Crippen LogP contribution in [0.4, 0.5) is 13.2 Å². The molecule has 1 nitrogen and oxygen atoms in total. The number of allylic oxidation sites excluding steroid dienone is 1. The Bertz CT molecular complexity index is 651. The van der Waals surface area contributed by atoms with Crippen LogP contribution in [-0.4, -0.2) is 0 Å². The van der Waals surface area contributed by atoms with E-state index in [1.54, 1.807) is 0 Å². The summed E-state index contributed by atoms with van der Waals surface area (Å²) in [5, 5.41) is 0.154. The minimum absolute atomic E-state index is 0.00549. The second-order valence-corrected chi connectivity index (χ2v) is 5.07. The van der Waals surface area contributed by atoms with Gasteiger partial charge in [0.25, 0.3) is 0 Å². The van der Waals surface area contributed by atoms with Crippen molar-refractivity contribution in [2.75, 3.05) is 0 Å². The van der Waals surface area contributed by atoms with Gasteiger partial charge < -0.3 is 4.74 Å². The van der Waals surface area contributed by atoms with Gasteiger partial charge in [0.2, 0.25) is 0 Å². The first kappa shape index (κ1) is 16.4. The Hall–Kier alpha value is -1.94. The molecule has 5 heteroatoms. The molecule has 0 fully saturated rings. The number of hydrogen-bond donors (Lipinski definition) is 0. The fourth-order valence-corrected chi connectivity index (χ4v) is 2.33. The Morgan fingerprint density at radius 2 is 1.77 bits per heavy atom. The van der Waals surface area contributed by atoms with E-state index in [0.29, 0.717) is 0 Å². The van der Waals surface area contributed by atoms with Gasteiger partial charge >= 0.3 is 6.18 Å². The minimum atomic E-state index is -4.46. The molecule has 22 heavy (non-hydrogen) atoms. The molecule has 0 aromatic heterocycles. The molecule has 0 atom stereocenters. The van der Waals surface area contributed by atoms with Crippen LogP contribution in [0.2, 0.25) is 5.02 Å². The predicted octanol–water partition coefficient (Wildman–Crippen LogP) is 5.67. The lowest BCUT2D eigenvalue weighted by Crippen LogP contribution is -2.11. The number of hydrogen-bond acceptors (Lipinski definition) is 1. The maximum absolute atomic E-state index is 13.1. The van der Waals surface area contributed by atoms with Crippen molar-refractivity contribution in [1.29, 1.82) is 0 Å². The Balaban J connectivity index is 2.38. The van der Waals surface area contributed by atoms with Gasteiger partial charge in [-0.3, -0.25) is 0 Å². The zero-order valence-corrected chi connectivity index (χ0v) is 12.4. The quantitative estimate of drug-likeness (QED) is 0.643. The predicted molar refractivity (Wildman–Crippen MR) is 81.1 cm³/mol. The Morgan fingerprint density at radius 1 is 1.09 bits per heavy atom. The maximum atomic E-state index is 13.1. The molecule has 0 radical (unpaired) electrons. The van der Waals surface area contributed by atoms with Crippen LogP contribution in [-0.2, 0) is 19.2 Å². The number of alkyl halides is 3. The smallest absolute Gasteiger partial charge is 0.416 e. The zero-order chi connectivity index (χ0) is 16.2. The van der Waals surface area contributed by atoms with Crippen LogP contribution in [0.3, 0.4) is 0 Å². The van der Waals surface area contributed by atoms with E-state index in [0.717, 1.165) is 11.6 Å². The molecule has 0 aliphatic rings. The first-order chi connectivity index (χ1) is 10.4. The van der Waals surface area contributed by atoms with Crippen LogP contribution in [0.1, 0.15) is 16.7 Å². The fourth-order valence-electron chi connectivity index (χ4n) is 2.10. The molecule has 0 saturated heterocycles. The first-order valence-corrected chi connectivity index (χ1v) is 6.97. The lowest BCUT2D eigenvalue weighted by molar-refractivity contribution is -0.138. The standard InChI is InChI=1S/C17H14ClF3O/c1-2-6-13-14(17(19,20)21)9-10-15(18)16(13)22-11-12-7-4-3-5-8-12/h2-5,7-10H,1,6,11H2. The van der Waals surface area contributed by atoms with Gasteiger partial charge in [-0.2, -0.15) is 13.2 Å². The summed E-state index contributed by atoms with van der Waals surface area (Å²) in [6.45, 7) is 3.65. The third-order valence-corrected chi connectivity index (χ3v) is 3.39. The summed E-state index contributed by atoms with van der Waals surface area (Å²) in [5.74, 6) is 0.0558. The molecule has 0 amide bonds. The van der Waals surface area contributed by atoms with Crippen molar-refractivity contribution >= 4 is 11.6 Å². The van der Waals surface area contributed by atoms with Crippen molar-refractivity contribution in [2.24, 2.45) is 0 Å². The monoisotopic (exact) mass is 326 g/mol. The zero-order valence-electron chi connectivity index (χ0n) is 11.7. The van der Waals surface area contributed by atoms with Gasteiger partial charge in [-0.15, -0.1) is 6.58 Å². The minimum Gasteiger partial charge on any atom is -0.487 e. The van der Waals surface area contributed by atoms with Crippen LogP contribution < -0.4 is 4.74 Å². The molecule has 2 rings (SSSR count). The van der Waals surface area contributed by atoms with Gasteiger partial charge in [-0.25, -0.2) is 0 Å². The van der Waals surface area contributed by atoms with E-state index in [1.807, 2.05) is 30.3 Å².